The maximum absolute atomic E-state index is 9.57. The molecule has 1 atom stereocenters. The molecule has 3 heteroatoms. The molecule has 0 aromatic rings. The Morgan fingerprint density at radius 1 is 1.40 bits per heavy atom. The second-order valence-corrected chi connectivity index (χ2v) is 3.25. The van der Waals surface area contributed by atoms with Crippen molar-refractivity contribution in [2.24, 2.45) is 0 Å². The molecule has 2 aliphatic rings. The Bertz CT molecular complexity index is 119. The van der Waals surface area contributed by atoms with Gasteiger partial charge in [0.25, 0.3) is 0 Å². The molecule has 0 radical (unpaired) electrons. The highest BCUT2D eigenvalue weighted by atomic mass is 35.5. The van der Waals surface area contributed by atoms with Crippen molar-refractivity contribution in [1.29, 1.82) is 0 Å². The summed E-state index contributed by atoms with van der Waals surface area (Å²) in [6.07, 6.45) is 4.46. The molecule has 2 fully saturated rings. The number of halogens is 1. The summed E-state index contributed by atoms with van der Waals surface area (Å²) in [7, 11) is 0. The van der Waals surface area contributed by atoms with Crippen molar-refractivity contribution in [2.75, 3.05) is 6.54 Å². The second kappa shape index (κ2) is 2.68. The molecule has 1 saturated heterocycles. The van der Waals surface area contributed by atoms with E-state index in [9.17, 15) is 5.11 Å². The fourth-order valence-electron chi connectivity index (χ4n) is 1.62. The zero-order valence-corrected chi connectivity index (χ0v) is 6.78. The van der Waals surface area contributed by atoms with Gasteiger partial charge in [0.05, 0.1) is 5.60 Å². The largest absolute Gasteiger partial charge is 0.388 e. The van der Waals surface area contributed by atoms with Crippen LogP contribution in [0.4, 0.5) is 0 Å². The van der Waals surface area contributed by atoms with Crippen molar-refractivity contribution < 1.29 is 5.11 Å². The number of hydrogen-bond acceptors (Lipinski definition) is 2. The fourth-order valence-corrected chi connectivity index (χ4v) is 1.62. The van der Waals surface area contributed by atoms with Gasteiger partial charge in [-0.15, -0.1) is 12.4 Å². The van der Waals surface area contributed by atoms with E-state index < -0.39 is 0 Å². The summed E-state index contributed by atoms with van der Waals surface area (Å²) < 4.78 is 0. The Hall–Kier alpha value is 0.210. The normalized spacial score (nSPS) is 35.1. The van der Waals surface area contributed by atoms with Crippen molar-refractivity contribution in [3.8, 4) is 0 Å². The molecular weight excluding hydrogens is 150 g/mol. The average molecular weight is 164 g/mol. The molecule has 1 heterocycles. The Balaban J connectivity index is 0.000000500. The van der Waals surface area contributed by atoms with E-state index in [1.165, 1.54) is 12.8 Å². The van der Waals surface area contributed by atoms with Crippen LogP contribution >= 0.6 is 12.4 Å². The third-order valence-electron chi connectivity index (χ3n) is 2.47. The Kier molecular flexibility index (Phi) is 2.23. The summed E-state index contributed by atoms with van der Waals surface area (Å²) >= 11 is 0. The minimum absolute atomic E-state index is 0. The topological polar surface area (TPSA) is 32.3 Å². The van der Waals surface area contributed by atoms with E-state index in [0.29, 0.717) is 6.04 Å². The lowest BCUT2D eigenvalue weighted by Crippen LogP contribution is -2.36. The van der Waals surface area contributed by atoms with Crippen LogP contribution in [-0.2, 0) is 0 Å². The van der Waals surface area contributed by atoms with E-state index in [-0.39, 0.29) is 18.0 Å². The van der Waals surface area contributed by atoms with Gasteiger partial charge in [0.1, 0.15) is 0 Å². The summed E-state index contributed by atoms with van der Waals surface area (Å²) in [6, 6.07) is 0.428. The maximum atomic E-state index is 9.57. The summed E-state index contributed by atoms with van der Waals surface area (Å²) in [4.78, 5) is 0. The molecule has 60 valence electrons. The summed E-state index contributed by atoms with van der Waals surface area (Å²) in [6.45, 7) is 1.10. The lowest BCUT2D eigenvalue weighted by molar-refractivity contribution is 0.111. The van der Waals surface area contributed by atoms with E-state index in [1.54, 1.807) is 0 Å². The molecule has 2 N–H and O–H groups in total. The molecule has 0 aromatic carbocycles. The van der Waals surface area contributed by atoms with Crippen molar-refractivity contribution in [1.82, 2.24) is 5.32 Å². The second-order valence-electron chi connectivity index (χ2n) is 3.25. The molecule has 0 bridgehead atoms. The quantitative estimate of drug-likeness (QED) is 0.596. The van der Waals surface area contributed by atoms with Gasteiger partial charge in [0, 0.05) is 6.04 Å². The first-order chi connectivity index (χ1) is 4.31. The van der Waals surface area contributed by atoms with Crippen molar-refractivity contribution in [3.63, 3.8) is 0 Å². The molecular formula is C7H14ClNO. The predicted molar refractivity (Wildman–Crippen MR) is 42.5 cm³/mol. The number of nitrogens with one attached hydrogen (secondary N) is 1. The third-order valence-corrected chi connectivity index (χ3v) is 2.47. The molecule has 2 nitrogen and oxygen atoms in total. The maximum Gasteiger partial charge on any atom is 0.0802 e. The Morgan fingerprint density at radius 3 is 2.50 bits per heavy atom. The van der Waals surface area contributed by atoms with Gasteiger partial charge in [-0.05, 0) is 32.2 Å². The van der Waals surface area contributed by atoms with Gasteiger partial charge >= 0.3 is 0 Å². The van der Waals surface area contributed by atoms with Crippen molar-refractivity contribution in [3.05, 3.63) is 0 Å². The fraction of sp³-hybridized carbons (Fsp3) is 1.00. The first-order valence-electron chi connectivity index (χ1n) is 3.77. The van der Waals surface area contributed by atoms with Crippen molar-refractivity contribution >= 4 is 12.4 Å². The number of rotatable bonds is 1. The predicted octanol–water partition coefficient (Wildman–Crippen LogP) is 0.685. The minimum atomic E-state index is -0.281. The minimum Gasteiger partial charge on any atom is -0.388 e. The first-order valence-corrected chi connectivity index (χ1v) is 3.77. The van der Waals surface area contributed by atoms with Crippen LogP contribution in [-0.4, -0.2) is 23.3 Å². The SMILES string of the molecule is Cl.OC1([C@H]2CCCN2)CC1. The smallest absolute Gasteiger partial charge is 0.0802 e. The average Bonchev–Trinajstić information content (AvgIpc) is 2.46. The zero-order valence-electron chi connectivity index (χ0n) is 5.97. The van der Waals surface area contributed by atoms with E-state index in [2.05, 4.69) is 5.32 Å². The van der Waals surface area contributed by atoms with Gasteiger partial charge in [-0.3, -0.25) is 0 Å². The number of hydrogen-bond donors (Lipinski definition) is 2. The Morgan fingerprint density at radius 2 is 2.10 bits per heavy atom. The molecule has 1 saturated carbocycles. The van der Waals surface area contributed by atoms with Crippen LogP contribution in [0.3, 0.4) is 0 Å². The highest BCUT2D eigenvalue weighted by Gasteiger charge is 2.48. The lowest BCUT2D eigenvalue weighted by Gasteiger charge is -2.15. The number of aliphatic hydroxyl groups is 1. The van der Waals surface area contributed by atoms with Gasteiger partial charge in [0.2, 0.25) is 0 Å². The van der Waals surface area contributed by atoms with E-state index >= 15 is 0 Å². The summed E-state index contributed by atoms with van der Waals surface area (Å²) in [5.74, 6) is 0. The van der Waals surface area contributed by atoms with Crippen LogP contribution in [0.2, 0.25) is 0 Å². The molecule has 1 aliphatic carbocycles. The molecule has 0 aromatic heterocycles. The van der Waals surface area contributed by atoms with Gasteiger partial charge in [-0.25, -0.2) is 0 Å². The molecule has 2 rings (SSSR count). The lowest BCUT2D eigenvalue weighted by atomic mass is 10.1. The highest BCUT2D eigenvalue weighted by molar-refractivity contribution is 5.85. The van der Waals surface area contributed by atoms with Crippen LogP contribution in [0.1, 0.15) is 25.7 Å². The van der Waals surface area contributed by atoms with E-state index in [1.807, 2.05) is 0 Å². The summed E-state index contributed by atoms with van der Waals surface area (Å²) in [5.41, 5.74) is -0.281. The van der Waals surface area contributed by atoms with Gasteiger partial charge in [0.15, 0.2) is 0 Å². The van der Waals surface area contributed by atoms with Crippen LogP contribution in [0.15, 0.2) is 0 Å². The third kappa shape index (κ3) is 1.29. The molecule has 1 aliphatic heterocycles. The van der Waals surface area contributed by atoms with Crippen LogP contribution < -0.4 is 5.32 Å². The molecule has 10 heavy (non-hydrogen) atoms. The molecule has 0 spiro atoms. The zero-order chi connectivity index (χ0) is 6.32. The molecule has 0 amide bonds. The first kappa shape index (κ1) is 8.31. The van der Waals surface area contributed by atoms with Gasteiger partial charge in [-0.1, -0.05) is 0 Å². The highest BCUT2D eigenvalue weighted by Crippen LogP contribution is 2.41. The Labute approximate surface area is 67.4 Å². The van der Waals surface area contributed by atoms with E-state index in [4.69, 9.17) is 0 Å². The van der Waals surface area contributed by atoms with Crippen molar-refractivity contribution in [2.45, 2.75) is 37.3 Å². The van der Waals surface area contributed by atoms with Crippen LogP contribution in [0.5, 0.6) is 0 Å². The van der Waals surface area contributed by atoms with Crippen LogP contribution in [0.25, 0.3) is 0 Å². The van der Waals surface area contributed by atoms with Crippen LogP contribution in [0, 0.1) is 0 Å². The van der Waals surface area contributed by atoms with Gasteiger partial charge in [-0.2, -0.15) is 0 Å². The molecule has 0 unspecified atom stereocenters. The monoisotopic (exact) mass is 163 g/mol. The standard InChI is InChI=1S/C7H13NO.ClH/c9-7(3-4-7)6-2-1-5-8-6;/h6,8-9H,1-5H2;1H/t6-;/m1./s1. The summed E-state index contributed by atoms with van der Waals surface area (Å²) in [5, 5.41) is 12.9. The van der Waals surface area contributed by atoms with Gasteiger partial charge < -0.3 is 10.4 Å². The van der Waals surface area contributed by atoms with E-state index in [0.717, 1.165) is 19.4 Å².